The highest BCUT2D eigenvalue weighted by atomic mass is 16.1. The van der Waals surface area contributed by atoms with Crippen LogP contribution in [0.1, 0.15) is 63.0 Å². The Morgan fingerprint density at radius 2 is 1.36 bits per heavy atom. The molecule has 0 amide bonds. The summed E-state index contributed by atoms with van der Waals surface area (Å²) in [6, 6.07) is 23.9. The summed E-state index contributed by atoms with van der Waals surface area (Å²) in [6.07, 6.45) is 3.16. The third-order valence-corrected chi connectivity index (χ3v) is 7.67. The average Bonchev–Trinajstić information content (AvgIpc) is 3.29. The van der Waals surface area contributed by atoms with E-state index in [1.165, 1.54) is 18.5 Å². The van der Waals surface area contributed by atoms with Crippen LogP contribution in [0.4, 0.5) is 17.1 Å². The molecule has 3 aromatic carbocycles. The van der Waals surface area contributed by atoms with Crippen molar-refractivity contribution in [2.45, 2.75) is 46.5 Å². The van der Waals surface area contributed by atoms with Crippen molar-refractivity contribution in [1.82, 2.24) is 10.2 Å². The molecule has 4 aromatic rings. The summed E-state index contributed by atoms with van der Waals surface area (Å²) in [4.78, 5) is 28.0. The minimum atomic E-state index is 0.0669. The van der Waals surface area contributed by atoms with Crippen LogP contribution >= 0.6 is 0 Å². The summed E-state index contributed by atoms with van der Waals surface area (Å²) in [5.41, 5.74) is 8.01. The minimum absolute atomic E-state index is 0.0669. The summed E-state index contributed by atoms with van der Waals surface area (Å²) < 4.78 is 0. The maximum absolute atomic E-state index is 12.9. The molecule has 0 atom stereocenters. The van der Waals surface area contributed by atoms with E-state index in [4.69, 9.17) is 0 Å². The van der Waals surface area contributed by atoms with Gasteiger partial charge in [-0.15, -0.1) is 0 Å². The van der Waals surface area contributed by atoms with E-state index in [0.717, 1.165) is 58.5 Å². The summed E-state index contributed by atoms with van der Waals surface area (Å²) in [5, 5.41) is 10.4. The zero-order valence-electron chi connectivity index (χ0n) is 23.0. The van der Waals surface area contributed by atoms with Crippen LogP contribution in [0.25, 0.3) is 0 Å². The van der Waals surface area contributed by atoms with Crippen LogP contribution in [-0.4, -0.2) is 34.9 Å². The van der Waals surface area contributed by atoms with E-state index in [-0.39, 0.29) is 11.6 Å². The number of ketones is 2. The lowest BCUT2D eigenvalue weighted by atomic mass is 9.98. The van der Waals surface area contributed by atoms with Gasteiger partial charge in [-0.2, -0.15) is 5.10 Å². The molecule has 1 aromatic heterocycles. The molecule has 0 saturated carbocycles. The Morgan fingerprint density at radius 3 is 1.87 bits per heavy atom. The predicted molar refractivity (Wildman–Crippen MR) is 157 cm³/mol. The molecule has 0 radical (unpaired) electrons. The number of aromatic nitrogens is 2. The van der Waals surface area contributed by atoms with Gasteiger partial charge in [0.1, 0.15) is 0 Å². The van der Waals surface area contributed by atoms with Gasteiger partial charge >= 0.3 is 0 Å². The molecular formula is C33H36N4O2. The van der Waals surface area contributed by atoms with Gasteiger partial charge in [-0.25, -0.2) is 0 Å². The van der Waals surface area contributed by atoms with Gasteiger partial charge < -0.3 is 10.2 Å². The van der Waals surface area contributed by atoms with Gasteiger partial charge in [-0.3, -0.25) is 14.7 Å². The second-order valence-corrected chi connectivity index (χ2v) is 10.7. The molecule has 1 fully saturated rings. The Morgan fingerprint density at radius 1 is 0.821 bits per heavy atom. The first-order valence-corrected chi connectivity index (χ1v) is 13.7. The van der Waals surface area contributed by atoms with Gasteiger partial charge in [0.15, 0.2) is 11.6 Å². The van der Waals surface area contributed by atoms with Gasteiger partial charge in [0, 0.05) is 54.3 Å². The minimum Gasteiger partial charge on any atom is -0.372 e. The van der Waals surface area contributed by atoms with Gasteiger partial charge in [-0.1, -0.05) is 31.2 Å². The first-order chi connectivity index (χ1) is 18.9. The fourth-order valence-corrected chi connectivity index (χ4v) is 5.23. The summed E-state index contributed by atoms with van der Waals surface area (Å²) in [5.74, 6) is 0.992. The van der Waals surface area contributed by atoms with Crippen LogP contribution in [0, 0.1) is 19.8 Å². The van der Waals surface area contributed by atoms with Crippen molar-refractivity contribution in [3.8, 4) is 0 Å². The van der Waals surface area contributed by atoms with Crippen LogP contribution in [0.3, 0.4) is 0 Å². The Hall–Kier alpha value is -4.19. The molecule has 2 N–H and O–H groups in total. The standard InChI is InChI=1S/C33H36N4O2/c1-22-16-18-37(19-17-22)30-14-8-27(9-15-30)31(38)20-25-4-10-28(11-5-25)34-29-12-6-26(7-13-29)21-32(39)33-23(2)35-36-24(33)3/h4-15,22,34H,16-21H2,1-3H3,(H,35,36). The molecule has 0 aliphatic carbocycles. The Bertz CT molecular complexity index is 1410. The number of nitrogens with one attached hydrogen (secondary N) is 2. The van der Waals surface area contributed by atoms with E-state index in [9.17, 15) is 9.59 Å². The van der Waals surface area contributed by atoms with Crippen molar-refractivity contribution in [2.75, 3.05) is 23.3 Å². The number of benzene rings is 3. The molecule has 0 unspecified atom stereocenters. The first-order valence-electron chi connectivity index (χ1n) is 13.7. The van der Waals surface area contributed by atoms with Gasteiger partial charge in [-0.05, 0) is 92.3 Å². The van der Waals surface area contributed by atoms with E-state index < -0.39 is 0 Å². The van der Waals surface area contributed by atoms with Crippen molar-refractivity contribution in [2.24, 2.45) is 5.92 Å². The van der Waals surface area contributed by atoms with Gasteiger partial charge in [0.25, 0.3) is 0 Å². The number of aromatic amines is 1. The lowest BCUT2D eigenvalue weighted by molar-refractivity contribution is 0.0984. The largest absolute Gasteiger partial charge is 0.372 e. The number of piperidine rings is 1. The van der Waals surface area contributed by atoms with Crippen molar-refractivity contribution < 1.29 is 9.59 Å². The highest BCUT2D eigenvalue weighted by Crippen LogP contribution is 2.24. The Kier molecular flexibility index (Phi) is 7.92. The van der Waals surface area contributed by atoms with Crippen molar-refractivity contribution >= 4 is 28.6 Å². The monoisotopic (exact) mass is 520 g/mol. The number of carbonyl (C=O) groups excluding carboxylic acids is 2. The highest BCUT2D eigenvalue weighted by Gasteiger charge is 2.17. The first kappa shape index (κ1) is 26.4. The molecule has 0 bridgehead atoms. The second kappa shape index (κ2) is 11.7. The number of hydrogen-bond donors (Lipinski definition) is 2. The molecule has 200 valence electrons. The molecule has 0 spiro atoms. The lowest BCUT2D eigenvalue weighted by Gasteiger charge is -2.32. The van der Waals surface area contributed by atoms with Crippen molar-refractivity contribution in [3.05, 3.63) is 106 Å². The third-order valence-electron chi connectivity index (χ3n) is 7.67. The van der Waals surface area contributed by atoms with Gasteiger partial charge in [0.2, 0.25) is 0 Å². The number of rotatable bonds is 9. The van der Waals surface area contributed by atoms with Crippen LogP contribution < -0.4 is 10.2 Å². The SMILES string of the molecule is Cc1n[nH]c(C)c1C(=O)Cc1ccc(Nc2ccc(CC(=O)c3ccc(N4CCC(C)CC4)cc3)cc2)cc1. The number of hydrogen-bond acceptors (Lipinski definition) is 5. The molecule has 1 aliphatic rings. The van der Waals surface area contributed by atoms with E-state index in [0.29, 0.717) is 18.4 Å². The summed E-state index contributed by atoms with van der Waals surface area (Å²) in [6.45, 7) is 8.21. The topological polar surface area (TPSA) is 78.1 Å². The fraction of sp³-hybridized carbons (Fsp3) is 0.303. The maximum atomic E-state index is 12.9. The molecule has 39 heavy (non-hydrogen) atoms. The zero-order chi connectivity index (χ0) is 27.4. The number of aryl methyl sites for hydroxylation is 2. The zero-order valence-corrected chi connectivity index (χ0v) is 23.0. The summed E-state index contributed by atoms with van der Waals surface area (Å²) in [7, 11) is 0. The molecule has 6 nitrogen and oxygen atoms in total. The van der Waals surface area contributed by atoms with E-state index >= 15 is 0 Å². The maximum Gasteiger partial charge on any atom is 0.170 e. The number of anilines is 3. The van der Waals surface area contributed by atoms with Crippen LogP contribution in [0.5, 0.6) is 0 Å². The quantitative estimate of drug-likeness (QED) is 0.236. The summed E-state index contributed by atoms with van der Waals surface area (Å²) >= 11 is 0. The molecule has 5 rings (SSSR count). The van der Waals surface area contributed by atoms with Crippen LogP contribution in [-0.2, 0) is 12.8 Å². The van der Waals surface area contributed by atoms with E-state index in [1.807, 2.05) is 74.5 Å². The number of Topliss-reactive ketones (excluding diaryl/α,β-unsaturated/α-hetero) is 2. The number of H-pyrrole nitrogens is 1. The highest BCUT2D eigenvalue weighted by molar-refractivity contribution is 5.99. The normalized spacial score (nSPS) is 13.9. The van der Waals surface area contributed by atoms with Crippen molar-refractivity contribution in [1.29, 1.82) is 0 Å². The number of carbonyl (C=O) groups is 2. The van der Waals surface area contributed by atoms with Crippen molar-refractivity contribution in [3.63, 3.8) is 0 Å². The molecule has 1 saturated heterocycles. The fourth-order valence-electron chi connectivity index (χ4n) is 5.23. The molecule has 2 heterocycles. The van der Waals surface area contributed by atoms with Gasteiger partial charge in [0.05, 0.1) is 11.3 Å². The van der Waals surface area contributed by atoms with E-state index in [2.05, 4.69) is 39.5 Å². The molecular weight excluding hydrogens is 484 g/mol. The second-order valence-electron chi connectivity index (χ2n) is 10.7. The smallest absolute Gasteiger partial charge is 0.170 e. The third kappa shape index (κ3) is 6.45. The predicted octanol–water partition coefficient (Wildman–Crippen LogP) is 6.86. The van der Waals surface area contributed by atoms with Crippen LogP contribution in [0.2, 0.25) is 0 Å². The molecule has 1 aliphatic heterocycles. The average molecular weight is 521 g/mol. The Labute approximate surface area is 230 Å². The van der Waals surface area contributed by atoms with E-state index in [1.54, 1.807) is 0 Å². The lowest BCUT2D eigenvalue weighted by Crippen LogP contribution is -2.32. The van der Waals surface area contributed by atoms with Crippen LogP contribution in [0.15, 0.2) is 72.8 Å². The number of nitrogens with zero attached hydrogens (tertiary/aromatic N) is 2. The molecule has 6 heteroatoms. The Balaban J connectivity index is 1.14.